The topological polar surface area (TPSA) is 82.2 Å². The standard InChI is InChI=1S/C22H25BrN4O4S/c1-14-11-16(3-4-17(14)21(29)26-9-7-25(2)8-10-26)27-13-15(12-19(27)28)24-22(30)31-20-6-5-18(23)32-20/h3-6,11,15H,7-10,12-13H2,1-2H3,(H,24,30). The normalized spacial score (nSPS) is 19.3. The van der Waals surface area contributed by atoms with E-state index in [-0.39, 0.29) is 24.3 Å². The summed E-state index contributed by atoms with van der Waals surface area (Å²) in [4.78, 5) is 43.4. The SMILES string of the molecule is Cc1cc(N2CC(NC(=O)Oc3ccc(Br)s3)CC2=O)ccc1C(=O)N1CCN(C)CC1. The van der Waals surface area contributed by atoms with Crippen molar-refractivity contribution in [3.63, 3.8) is 0 Å². The van der Waals surface area contributed by atoms with E-state index in [0.717, 1.165) is 28.1 Å². The van der Waals surface area contributed by atoms with Gasteiger partial charge in [0.2, 0.25) is 5.91 Å². The number of thiophene rings is 1. The molecule has 10 heteroatoms. The van der Waals surface area contributed by atoms with Crippen LogP contribution in [0.4, 0.5) is 10.5 Å². The lowest BCUT2D eigenvalue weighted by Gasteiger charge is -2.32. The smallest absolute Gasteiger partial charge is 0.399 e. The molecule has 2 fully saturated rings. The maximum Gasteiger partial charge on any atom is 0.413 e. The first-order valence-electron chi connectivity index (χ1n) is 10.4. The summed E-state index contributed by atoms with van der Waals surface area (Å²) < 4.78 is 6.13. The van der Waals surface area contributed by atoms with Gasteiger partial charge in [0.1, 0.15) is 0 Å². The van der Waals surface area contributed by atoms with Crippen LogP contribution in [0.2, 0.25) is 0 Å². The van der Waals surface area contributed by atoms with Crippen LogP contribution in [0, 0.1) is 6.92 Å². The number of benzene rings is 1. The molecule has 170 valence electrons. The largest absolute Gasteiger partial charge is 0.413 e. The van der Waals surface area contributed by atoms with E-state index in [4.69, 9.17) is 4.74 Å². The van der Waals surface area contributed by atoms with Crippen molar-refractivity contribution in [3.8, 4) is 5.06 Å². The van der Waals surface area contributed by atoms with Gasteiger partial charge in [0.05, 0.1) is 9.83 Å². The van der Waals surface area contributed by atoms with Gasteiger partial charge in [0.15, 0.2) is 5.06 Å². The first-order valence-corrected chi connectivity index (χ1v) is 12.0. The maximum absolute atomic E-state index is 12.9. The maximum atomic E-state index is 12.9. The lowest BCUT2D eigenvalue weighted by molar-refractivity contribution is -0.117. The number of hydrogen-bond donors (Lipinski definition) is 1. The minimum absolute atomic E-state index is 0.0254. The summed E-state index contributed by atoms with van der Waals surface area (Å²) in [6.07, 6.45) is -0.382. The lowest BCUT2D eigenvalue weighted by Crippen LogP contribution is -2.47. The fraction of sp³-hybridized carbons (Fsp3) is 0.409. The molecule has 0 radical (unpaired) electrons. The van der Waals surface area contributed by atoms with E-state index >= 15 is 0 Å². The molecule has 2 saturated heterocycles. The van der Waals surface area contributed by atoms with Crippen LogP contribution in [0.25, 0.3) is 0 Å². The summed E-state index contributed by atoms with van der Waals surface area (Å²) in [5.74, 6) is -0.0517. The number of anilines is 1. The predicted molar refractivity (Wildman–Crippen MR) is 127 cm³/mol. The lowest BCUT2D eigenvalue weighted by atomic mass is 10.1. The number of carbonyl (C=O) groups is 3. The van der Waals surface area contributed by atoms with Crippen molar-refractivity contribution in [1.82, 2.24) is 15.1 Å². The van der Waals surface area contributed by atoms with E-state index in [1.807, 2.05) is 17.9 Å². The zero-order chi connectivity index (χ0) is 22.8. The van der Waals surface area contributed by atoms with E-state index in [0.29, 0.717) is 30.3 Å². The summed E-state index contributed by atoms with van der Waals surface area (Å²) in [5, 5.41) is 3.24. The summed E-state index contributed by atoms with van der Waals surface area (Å²) >= 11 is 4.64. The van der Waals surface area contributed by atoms with Crippen molar-refractivity contribution in [2.45, 2.75) is 19.4 Å². The second kappa shape index (κ2) is 9.60. The fourth-order valence-corrected chi connectivity index (χ4v) is 5.12. The number of amides is 3. The number of aryl methyl sites for hydroxylation is 1. The van der Waals surface area contributed by atoms with Gasteiger partial charge in [-0.1, -0.05) is 11.3 Å². The third-order valence-corrected chi connectivity index (χ3v) is 7.23. The second-order valence-electron chi connectivity index (χ2n) is 8.09. The summed E-state index contributed by atoms with van der Waals surface area (Å²) in [6.45, 7) is 5.41. The van der Waals surface area contributed by atoms with Gasteiger partial charge >= 0.3 is 6.09 Å². The number of rotatable bonds is 4. The minimum atomic E-state index is -0.580. The Morgan fingerprint density at radius 1 is 1.16 bits per heavy atom. The van der Waals surface area contributed by atoms with Crippen molar-refractivity contribution in [1.29, 1.82) is 0 Å². The van der Waals surface area contributed by atoms with Crippen LogP contribution >= 0.6 is 27.3 Å². The zero-order valence-corrected chi connectivity index (χ0v) is 20.4. The summed E-state index contributed by atoms with van der Waals surface area (Å²) in [6, 6.07) is 8.62. The van der Waals surface area contributed by atoms with Crippen molar-refractivity contribution in [2.24, 2.45) is 0 Å². The van der Waals surface area contributed by atoms with Crippen LogP contribution in [-0.2, 0) is 4.79 Å². The molecule has 1 N–H and O–H groups in total. The number of ether oxygens (including phenoxy) is 1. The third-order valence-electron chi connectivity index (χ3n) is 5.73. The molecule has 4 rings (SSSR count). The molecule has 2 aliphatic rings. The van der Waals surface area contributed by atoms with E-state index < -0.39 is 6.09 Å². The van der Waals surface area contributed by atoms with E-state index in [9.17, 15) is 14.4 Å². The molecular weight excluding hydrogens is 496 g/mol. The van der Waals surface area contributed by atoms with Crippen LogP contribution in [0.5, 0.6) is 5.06 Å². The number of carbonyl (C=O) groups excluding carboxylic acids is 3. The molecule has 0 aliphatic carbocycles. The van der Waals surface area contributed by atoms with Crippen LogP contribution in [-0.4, -0.2) is 73.5 Å². The molecule has 2 aliphatic heterocycles. The van der Waals surface area contributed by atoms with Crippen molar-refractivity contribution in [3.05, 3.63) is 45.2 Å². The Labute approximate surface area is 199 Å². The van der Waals surface area contributed by atoms with Gasteiger partial charge in [0.25, 0.3) is 5.91 Å². The molecule has 3 heterocycles. The highest BCUT2D eigenvalue weighted by atomic mass is 79.9. The molecule has 0 bridgehead atoms. The minimum Gasteiger partial charge on any atom is -0.399 e. The Hall–Kier alpha value is -2.43. The van der Waals surface area contributed by atoms with Crippen molar-refractivity contribution < 1.29 is 19.1 Å². The number of likely N-dealkylation sites (N-methyl/N-ethyl adjacent to an activating group) is 1. The Bertz CT molecular complexity index is 1030. The molecule has 1 aromatic carbocycles. The van der Waals surface area contributed by atoms with E-state index in [1.54, 1.807) is 29.2 Å². The number of hydrogen-bond acceptors (Lipinski definition) is 6. The molecule has 2 aromatic rings. The van der Waals surface area contributed by atoms with Gasteiger partial charge in [-0.3, -0.25) is 9.59 Å². The van der Waals surface area contributed by atoms with Gasteiger partial charge < -0.3 is 24.8 Å². The number of halogens is 1. The zero-order valence-electron chi connectivity index (χ0n) is 18.0. The van der Waals surface area contributed by atoms with Crippen molar-refractivity contribution >= 4 is 50.9 Å². The number of piperazine rings is 1. The number of nitrogens with one attached hydrogen (secondary N) is 1. The highest BCUT2D eigenvalue weighted by Gasteiger charge is 2.32. The first kappa shape index (κ1) is 22.8. The molecule has 3 amide bonds. The van der Waals surface area contributed by atoms with Gasteiger partial charge in [-0.05, 0) is 65.8 Å². The van der Waals surface area contributed by atoms with Gasteiger partial charge in [-0.25, -0.2) is 4.79 Å². The van der Waals surface area contributed by atoms with Crippen LogP contribution in [0.3, 0.4) is 0 Å². The molecule has 1 unspecified atom stereocenters. The van der Waals surface area contributed by atoms with Crippen LogP contribution < -0.4 is 15.0 Å². The van der Waals surface area contributed by atoms with E-state index in [1.165, 1.54) is 11.3 Å². The molecule has 0 saturated carbocycles. The quantitative estimate of drug-likeness (QED) is 0.669. The Morgan fingerprint density at radius 2 is 1.91 bits per heavy atom. The van der Waals surface area contributed by atoms with Gasteiger partial charge in [-0.2, -0.15) is 0 Å². The number of nitrogens with zero attached hydrogens (tertiary/aromatic N) is 3. The van der Waals surface area contributed by atoms with Crippen molar-refractivity contribution in [2.75, 3.05) is 44.7 Å². The van der Waals surface area contributed by atoms with Crippen LogP contribution in [0.1, 0.15) is 22.3 Å². The fourth-order valence-electron chi connectivity index (χ4n) is 3.93. The van der Waals surface area contributed by atoms with Gasteiger partial charge in [0, 0.05) is 50.4 Å². The monoisotopic (exact) mass is 520 g/mol. The molecule has 1 aromatic heterocycles. The Morgan fingerprint density at radius 3 is 2.56 bits per heavy atom. The molecule has 8 nitrogen and oxygen atoms in total. The highest BCUT2D eigenvalue weighted by Crippen LogP contribution is 2.29. The summed E-state index contributed by atoms with van der Waals surface area (Å²) in [7, 11) is 2.05. The Kier molecular flexibility index (Phi) is 6.82. The average Bonchev–Trinajstić information content (AvgIpc) is 3.32. The van der Waals surface area contributed by atoms with Crippen LogP contribution in [0.15, 0.2) is 34.1 Å². The highest BCUT2D eigenvalue weighted by molar-refractivity contribution is 9.11. The van der Waals surface area contributed by atoms with E-state index in [2.05, 4.69) is 33.2 Å². The van der Waals surface area contributed by atoms with Gasteiger partial charge in [-0.15, -0.1) is 0 Å². The first-order chi connectivity index (χ1) is 15.3. The Balaban J connectivity index is 1.38. The molecule has 32 heavy (non-hydrogen) atoms. The molecular formula is C22H25BrN4O4S. The third kappa shape index (κ3) is 5.13. The second-order valence-corrected chi connectivity index (χ2v) is 10.5. The molecule has 0 spiro atoms. The summed E-state index contributed by atoms with van der Waals surface area (Å²) in [5.41, 5.74) is 2.21. The average molecular weight is 521 g/mol. The predicted octanol–water partition coefficient (Wildman–Crippen LogP) is 3.10. The molecule has 1 atom stereocenters.